The molecule has 84 valence electrons. The van der Waals surface area contributed by atoms with Crippen LogP contribution in [0.4, 0.5) is 0 Å². The standard InChI is InChI=1S/C12H11Cl2NO/c13-9-2-1-3-10(11(9)14)16-8-12(4-5-12)6-7-15/h1-3H,4-6,8H2. The monoisotopic (exact) mass is 255 g/mol. The minimum atomic E-state index is 0.0559. The SMILES string of the molecule is N#CCC1(COc2cccc(Cl)c2Cl)CC1. The average Bonchev–Trinajstić information content (AvgIpc) is 3.02. The summed E-state index contributed by atoms with van der Waals surface area (Å²) in [7, 11) is 0. The summed E-state index contributed by atoms with van der Waals surface area (Å²) in [6.45, 7) is 0.542. The quantitative estimate of drug-likeness (QED) is 0.813. The minimum Gasteiger partial charge on any atom is -0.491 e. The van der Waals surface area contributed by atoms with E-state index >= 15 is 0 Å². The van der Waals surface area contributed by atoms with Crippen molar-refractivity contribution in [3.05, 3.63) is 28.2 Å². The van der Waals surface area contributed by atoms with E-state index in [1.807, 2.05) is 0 Å². The molecule has 1 saturated carbocycles. The molecule has 2 rings (SSSR count). The van der Waals surface area contributed by atoms with Crippen molar-refractivity contribution in [2.75, 3.05) is 6.61 Å². The van der Waals surface area contributed by atoms with Gasteiger partial charge in [0.05, 0.1) is 17.7 Å². The van der Waals surface area contributed by atoms with E-state index in [9.17, 15) is 0 Å². The van der Waals surface area contributed by atoms with Crippen molar-refractivity contribution in [1.82, 2.24) is 0 Å². The van der Waals surface area contributed by atoms with Crippen LogP contribution < -0.4 is 4.74 Å². The number of hydrogen-bond donors (Lipinski definition) is 0. The molecule has 1 aromatic rings. The largest absolute Gasteiger partial charge is 0.491 e. The maximum Gasteiger partial charge on any atom is 0.139 e. The first kappa shape index (κ1) is 11.6. The maximum atomic E-state index is 8.69. The molecule has 4 heteroatoms. The summed E-state index contributed by atoms with van der Waals surface area (Å²) >= 11 is 11.9. The number of halogens is 2. The Hall–Kier alpha value is -0.910. The number of nitriles is 1. The molecule has 2 nitrogen and oxygen atoms in total. The summed E-state index contributed by atoms with van der Waals surface area (Å²) in [5, 5.41) is 9.62. The molecular formula is C12H11Cl2NO. The third-order valence-electron chi connectivity index (χ3n) is 2.86. The van der Waals surface area contributed by atoms with Gasteiger partial charge in [-0.05, 0) is 25.0 Å². The Bertz CT molecular complexity index is 435. The lowest BCUT2D eigenvalue weighted by Gasteiger charge is -2.14. The Labute approximate surface area is 105 Å². The van der Waals surface area contributed by atoms with Crippen LogP contribution in [-0.4, -0.2) is 6.61 Å². The van der Waals surface area contributed by atoms with Gasteiger partial charge in [0.15, 0.2) is 0 Å². The molecule has 0 amide bonds. The van der Waals surface area contributed by atoms with Gasteiger partial charge in [-0.15, -0.1) is 0 Å². The molecule has 1 aliphatic rings. The Balaban J connectivity index is 2.00. The summed E-state index contributed by atoms with van der Waals surface area (Å²) in [4.78, 5) is 0. The van der Waals surface area contributed by atoms with Gasteiger partial charge in [-0.1, -0.05) is 29.3 Å². The zero-order chi connectivity index (χ0) is 11.6. The number of benzene rings is 1. The van der Waals surface area contributed by atoms with Crippen LogP contribution in [0.1, 0.15) is 19.3 Å². The number of rotatable bonds is 4. The lowest BCUT2D eigenvalue weighted by Crippen LogP contribution is -2.12. The normalized spacial score (nSPS) is 16.6. The fraction of sp³-hybridized carbons (Fsp3) is 0.417. The first-order valence-electron chi connectivity index (χ1n) is 5.11. The fourth-order valence-corrected chi connectivity index (χ4v) is 1.89. The van der Waals surface area contributed by atoms with Crippen molar-refractivity contribution in [3.63, 3.8) is 0 Å². The van der Waals surface area contributed by atoms with E-state index in [4.69, 9.17) is 33.2 Å². The Morgan fingerprint density at radius 3 is 2.75 bits per heavy atom. The van der Waals surface area contributed by atoms with Crippen LogP contribution in [0.3, 0.4) is 0 Å². The zero-order valence-electron chi connectivity index (χ0n) is 8.67. The summed E-state index contributed by atoms with van der Waals surface area (Å²) < 4.78 is 5.63. The molecule has 0 aliphatic heterocycles. The Kier molecular flexibility index (Phi) is 3.28. The van der Waals surface area contributed by atoms with Gasteiger partial charge >= 0.3 is 0 Å². The zero-order valence-corrected chi connectivity index (χ0v) is 10.2. The highest BCUT2D eigenvalue weighted by Gasteiger charge is 2.43. The molecule has 0 radical (unpaired) electrons. The molecule has 1 aromatic carbocycles. The van der Waals surface area contributed by atoms with Crippen molar-refractivity contribution in [3.8, 4) is 11.8 Å². The van der Waals surface area contributed by atoms with Crippen LogP contribution in [0.5, 0.6) is 5.75 Å². The predicted molar refractivity (Wildman–Crippen MR) is 63.9 cm³/mol. The number of nitrogens with zero attached hydrogens (tertiary/aromatic N) is 1. The lowest BCUT2D eigenvalue weighted by molar-refractivity contribution is 0.237. The molecule has 16 heavy (non-hydrogen) atoms. The fourth-order valence-electron chi connectivity index (χ4n) is 1.54. The van der Waals surface area contributed by atoms with Gasteiger partial charge < -0.3 is 4.74 Å². The molecule has 0 bridgehead atoms. The van der Waals surface area contributed by atoms with Crippen LogP contribution >= 0.6 is 23.2 Å². The van der Waals surface area contributed by atoms with E-state index in [0.717, 1.165) is 12.8 Å². The second-order valence-electron chi connectivity index (χ2n) is 4.18. The summed E-state index contributed by atoms with van der Waals surface area (Å²) in [6, 6.07) is 7.50. The second-order valence-corrected chi connectivity index (χ2v) is 4.96. The van der Waals surface area contributed by atoms with E-state index in [1.54, 1.807) is 18.2 Å². The number of ether oxygens (including phenoxy) is 1. The van der Waals surface area contributed by atoms with Crippen LogP contribution in [0.15, 0.2) is 18.2 Å². The highest BCUT2D eigenvalue weighted by atomic mass is 35.5. The molecule has 0 aromatic heterocycles. The van der Waals surface area contributed by atoms with E-state index in [2.05, 4.69) is 6.07 Å². The number of hydrogen-bond acceptors (Lipinski definition) is 2. The van der Waals surface area contributed by atoms with Gasteiger partial charge in [0.1, 0.15) is 10.8 Å². The Morgan fingerprint density at radius 1 is 1.38 bits per heavy atom. The highest BCUT2D eigenvalue weighted by molar-refractivity contribution is 6.42. The maximum absolute atomic E-state index is 8.69. The summed E-state index contributed by atoms with van der Waals surface area (Å²) in [5.74, 6) is 0.596. The van der Waals surface area contributed by atoms with E-state index in [1.165, 1.54) is 0 Å². The van der Waals surface area contributed by atoms with Crippen LogP contribution in [-0.2, 0) is 0 Å². The summed E-state index contributed by atoms with van der Waals surface area (Å²) in [5.41, 5.74) is 0.0559. The van der Waals surface area contributed by atoms with Gasteiger partial charge in [-0.3, -0.25) is 0 Å². The molecular weight excluding hydrogens is 245 g/mol. The third kappa shape index (κ3) is 2.42. The Morgan fingerprint density at radius 2 is 2.12 bits per heavy atom. The van der Waals surface area contributed by atoms with Gasteiger partial charge in [-0.2, -0.15) is 5.26 Å². The molecule has 0 spiro atoms. The minimum absolute atomic E-state index is 0.0559. The molecule has 0 N–H and O–H groups in total. The average molecular weight is 256 g/mol. The molecule has 0 heterocycles. The molecule has 0 unspecified atom stereocenters. The molecule has 0 atom stereocenters. The van der Waals surface area contributed by atoms with Crippen molar-refractivity contribution in [2.45, 2.75) is 19.3 Å². The van der Waals surface area contributed by atoms with Gasteiger partial charge in [0.25, 0.3) is 0 Å². The van der Waals surface area contributed by atoms with Crippen LogP contribution in [0.2, 0.25) is 10.0 Å². The van der Waals surface area contributed by atoms with Crippen molar-refractivity contribution in [2.24, 2.45) is 5.41 Å². The lowest BCUT2D eigenvalue weighted by atomic mass is 10.1. The molecule has 1 aliphatic carbocycles. The van der Waals surface area contributed by atoms with Crippen LogP contribution in [0.25, 0.3) is 0 Å². The third-order valence-corrected chi connectivity index (χ3v) is 3.66. The van der Waals surface area contributed by atoms with Crippen LogP contribution in [0, 0.1) is 16.7 Å². The molecule has 1 fully saturated rings. The topological polar surface area (TPSA) is 33.0 Å². The first-order chi connectivity index (χ1) is 7.67. The first-order valence-corrected chi connectivity index (χ1v) is 5.86. The molecule has 0 saturated heterocycles. The highest BCUT2D eigenvalue weighted by Crippen LogP contribution is 2.49. The van der Waals surface area contributed by atoms with E-state index < -0.39 is 0 Å². The second kappa shape index (κ2) is 4.53. The smallest absolute Gasteiger partial charge is 0.139 e. The van der Waals surface area contributed by atoms with E-state index in [-0.39, 0.29) is 5.41 Å². The van der Waals surface area contributed by atoms with Gasteiger partial charge in [-0.25, -0.2) is 0 Å². The van der Waals surface area contributed by atoms with Crippen molar-refractivity contribution < 1.29 is 4.74 Å². The predicted octanol–water partition coefficient (Wildman–Crippen LogP) is 4.07. The van der Waals surface area contributed by atoms with Gasteiger partial charge in [0, 0.05) is 11.8 Å². The summed E-state index contributed by atoms with van der Waals surface area (Å²) in [6.07, 6.45) is 2.66. The van der Waals surface area contributed by atoms with Crippen molar-refractivity contribution >= 4 is 23.2 Å². The van der Waals surface area contributed by atoms with Crippen molar-refractivity contribution in [1.29, 1.82) is 5.26 Å². The van der Waals surface area contributed by atoms with Gasteiger partial charge in [0.2, 0.25) is 0 Å². The van der Waals surface area contributed by atoms with E-state index in [0.29, 0.717) is 28.8 Å².